The molecule has 0 aromatic heterocycles. The van der Waals surface area contributed by atoms with E-state index in [0.29, 0.717) is 12.3 Å². The molecule has 3 nitrogen and oxygen atoms in total. The fourth-order valence-electron chi connectivity index (χ4n) is 2.36. The molecule has 0 heterocycles. The van der Waals surface area contributed by atoms with Crippen molar-refractivity contribution in [2.45, 2.75) is 38.3 Å². The highest BCUT2D eigenvalue weighted by Gasteiger charge is 2.28. The van der Waals surface area contributed by atoms with Crippen LogP contribution in [0.4, 0.5) is 0 Å². The zero-order chi connectivity index (χ0) is 13.7. The van der Waals surface area contributed by atoms with Crippen molar-refractivity contribution in [3.63, 3.8) is 0 Å². The molecule has 1 aliphatic rings. The van der Waals surface area contributed by atoms with Crippen molar-refractivity contribution in [2.24, 2.45) is 5.92 Å². The van der Waals surface area contributed by atoms with Gasteiger partial charge in [-0.15, -0.1) is 0 Å². The third-order valence-corrected chi connectivity index (χ3v) is 4.07. The van der Waals surface area contributed by atoms with Crippen LogP contribution < -0.4 is 5.32 Å². The molecule has 1 aromatic rings. The fourth-order valence-corrected chi connectivity index (χ4v) is 2.49. The van der Waals surface area contributed by atoms with E-state index in [1.165, 1.54) is 31.9 Å². The first kappa shape index (κ1) is 14.4. The minimum absolute atomic E-state index is 0.138. The average molecular weight is 282 g/mol. The van der Waals surface area contributed by atoms with Crippen molar-refractivity contribution in [3.8, 4) is 0 Å². The Kier molecular flexibility index (Phi) is 5.23. The summed E-state index contributed by atoms with van der Waals surface area (Å²) in [6.45, 7) is 0.759. The maximum Gasteiger partial charge on any atom is 0.307 e. The molecule has 1 atom stereocenters. The predicted molar refractivity (Wildman–Crippen MR) is 76.1 cm³/mol. The van der Waals surface area contributed by atoms with Gasteiger partial charge in [-0.2, -0.15) is 0 Å². The van der Waals surface area contributed by atoms with Crippen LogP contribution in [0.3, 0.4) is 0 Å². The summed E-state index contributed by atoms with van der Waals surface area (Å²) >= 11 is 5.86. The van der Waals surface area contributed by atoms with Gasteiger partial charge in [0.1, 0.15) is 0 Å². The van der Waals surface area contributed by atoms with Gasteiger partial charge >= 0.3 is 5.97 Å². The molecule has 0 saturated heterocycles. The molecule has 0 aliphatic heterocycles. The van der Waals surface area contributed by atoms with Crippen LogP contribution in [-0.4, -0.2) is 19.1 Å². The highest BCUT2D eigenvalue weighted by atomic mass is 35.5. The summed E-state index contributed by atoms with van der Waals surface area (Å²) in [6, 6.07) is 8.00. The number of nitrogens with one attached hydrogen (secondary N) is 1. The van der Waals surface area contributed by atoms with Gasteiger partial charge < -0.3 is 10.1 Å². The molecule has 104 valence electrons. The number of carbonyl (C=O) groups is 1. The second-order valence-corrected chi connectivity index (χ2v) is 5.52. The maximum absolute atomic E-state index is 11.4. The van der Waals surface area contributed by atoms with E-state index >= 15 is 0 Å². The van der Waals surface area contributed by atoms with Crippen LogP contribution in [-0.2, 0) is 16.1 Å². The SMILES string of the molecule is COC(=O)CC(NCc1ccc(Cl)cc1)C1CCC1. The third-order valence-electron chi connectivity index (χ3n) is 3.81. The number of ether oxygens (including phenoxy) is 1. The number of hydrogen-bond acceptors (Lipinski definition) is 3. The molecule has 0 bridgehead atoms. The number of carbonyl (C=O) groups excluding carboxylic acids is 1. The summed E-state index contributed by atoms with van der Waals surface area (Å²) in [4.78, 5) is 11.4. The average Bonchev–Trinajstić information content (AvgIpc) is 2.35. The van der Waals surface area contributed by atoms with E-state index in [9.17, 15) is 4.79 Å². The number of esters is 1. The van der Waals surface area contributed by atoms with Crippen molar-refractivity contribution in [1.29, 1.82) is 0 Å². The monoisotopic (exact) mass is 281 g/mol. The number of benzene rings is 1. The fraction of sp³-hybridized carbons (Fsp3) is 0.533. The molecular weight excluding hydrogens is 262 g/mol. The zero-order valence-electron chi connectivity index (χ0n) is 11.2. The van der Waals surface area contributed by atoms with Crippen LogP contribution in [0.2, 0.25) is 5.02 Å². The second-order valence-electron chi connectivity index (χ2n) is 5.09. The zero-order valence-corrected chi connectivity index (χ0v) is 12.0. The lowest BCUT2D eigenvalue weighted by Gasteiger charge is -2.34. The number of hydrogen-bond donors (Lipinski definition) is 1. The van der Waals surface area contributed by atoms with Gasteiger partial charge in [0.15, 0.2) is 0 Å². The summed E-state index contributed by atoms with van der Waals surface area (Å²) in [6.07, 6.45) is 4.13. The predicted octanol–water partition coefficient (Wildman–Crippen LogP) is 3.16. The van der Waals surface area contributed by atoms with Crippen molar-refractivity contribution < 1.29 is 9.53 Å². The van der Waals surface area contributed by atoms with E-state index in [-0.39, 0.29) is 12.0 Å². The van der Waals surface area contributed by atoms with E-state index in [1.54, 1.807) is 0 Å². The standard InChI is InChI=1S/C15H20ClNO2/c1-19-15(18)9-14(12-3-2-4-12)17-10-11-5-7-13(16)8-6-11/h5-8,12,14,17H,2-4,9-10H2,1H3. The molecule has 0 radical (unpaired) electrons. The lowest BCUT2D eigenvalue weighted by molar-refractivity contribution is -0.141. The van der Waals surface area contributed by atoms with Gasteiger partial charge in [0, 0.05) is 17.6 Å². The summed E-state index contributed by atoms with van der Waals surface area (Å²) < 4.78 is 4.77. The normalized spacial score (nSPS) is 16.7. The Morgan fingerprint density at radius 2 is 2.11 bits per heavy atom. The molecule has 1 fully saturated rings. The molecule has 1 aromatic carbocycles. The maximum atomic E-state index is 11.4. The van der Waals surface area contributed by atoms with E-state index in [0.717, 1.165) is 11.6 Å². The summed E-state index contributed by atoms with van der Waals surface area (Å²) in [7, 11) is 1.44. The van der Waals surface area contributed by atoms with Crippen molar-refractivity contribution in [2.75, 3.05) is 7.11 Å². The van der Waals surface area contributed by atoms with Crippen LogP contribution in [0.5, 0.6) is 0 Å². The number of halogens is 1. The molecule has 1 unspecified atom stereocenters. The van der Waals surface area contributed by atoms with E-state index < -0.39 is 0 Å². The van der Waals surface area contributed by atoms with E-state index in [2.05, 4.69) is 5.32 Å². The number of methoxy groups -OCH3 is 1. The quantitative estimate of drug-likeness (QED) is 0.814. The van der Waals surface area contributed by atoms with Gasteiger partial charge in [0.2, 0.25) is 0 Å². The Morgan fingerprint density at radius 1 is 1.42 bits per heavy atom. The topological polar surface area (TPSA) is 38.3 Å². The first-order valence-corrected chi connectivity index (χ1v) is 7.11. The van der Waals surface area contributed by atoms with Gasteiger partial charge in [0.05, 0.1) is 13.5 Å². The van der Waals surface area contributed by atoms with Crippen molar-refractivity contribution in [3.05, 3.63) is 34.9 Å². The summed E-state index contributed by atoms with van der Waals surface area (Å²) in [5, 5.41) is 4.22. The van der Waals surface area contributed by atoms with Gasteiger partial charge in [-0.1, -0.05) is 30.2 Å². The third kappa shape index (κ3) is 4.22. The molecule has 0 amide bonds. The van der Waals surface area contributed by atoms with Crippen LogP contribution in [0.15, 0.2) is 24.3 Å². The number of rotatable bonds is 6. The molecular formula is C15H20ClNO2. The lowest BCUT2D eigenvalue weighted by Crippen LogP contribution is -2.40. The van der Waals surface area contributed by atoms with Gasteiger partial charge in [-0.05, 0) is 36.5 Å². The Labute approximate surface area is 119 Å². The van der Waals surface area contributed by atoms with Crippen LogP contribution >= 0.6 is 11.6 Å². The summed E-state index contributed by atoms with van der Waals surface area (Å²) in [5.74, 6) is 0.465. The molecule has 1 saturated carbocycles. The minimum atomic E-state index is -0.138. The molecule has 4 heteroatoms. The smallest absolute Gasteiger partial charge is 0.307 e. The van der Waals surface area contributed by atoms with Crippen LogP contribution in [0, 0.1) is 5.92 Å². The highest BCUT2D eigenvalue weighted by Crippen LogP contribution is 2.31. The Bertz CT molecular complexity index is 415. The van der Waals surface area contributed by atoms with Crippen LogP contribution in [0.1, 0.15) is 31.2 Å². The van der Waals surface area contributed by atoms with Gasteiger partial charge in [-0.25, -0.2) is 0 Å². The Morgan fingerprint density at radius 3 is 2.63 bits per heavy atom. The second kappa shape index (κ2) is 6.92. The molecule has 1 aliphatic carbocycles. The van der Waals surface area contributed by atoms with Crippen LogP contribution in [0.25, 0.3) is 0 Å². The molecule has 19 heavy (non-hydrogen) atoms. The molecule has 1 N–H and O–H groups in total. The Balaban J connectivity index is 1.88. The summed E-state index contributed by atoms with van der Waals surface area (Å²) in [5.41, 5.74) is 1.18. The van der Waals surface area contributed by atoms with Gasteiger partial charge in [0.25, 0.3) is 0 Å². The largest absolute Gasteiger partial charge is 0.469 e. The molecule has 0 spiro atoms. The highest BCUT2D eigenvalue weighted by molar-refractivity contribution is 6.30. The van der Waals surface area contributed by atoms with E-state index in [1.807, 2.05) is 24.3 Å². The Hall–Kier alpha value is -1.06. The first-order chi connectivity index (χ1) is 9.19. The van der Waals surface area contributed by atoms with Gasteiger partial charge in [-0.3, -0.25) is 4.79 Å². The van der Waals surface area contributed by atoms with Crippen molar-refractivity contribution >= 4 is 17.6 Å². The lowest BCUT2D eigenvalue weighted by atomic mass is 9.78. The first-order valence-electron chi connectivity index (χ1n) is 6.73. The van der Waals surface area contributed by atoms with Crippen molar-refractivity contribution in [1.82, 2.24) is 5.32 Å². The molecule has 2 rings (SSSR count). The minimum Gasteiger partial charge on any atom is -0.469 e. The van der Waals surface area contributed by atoms with E-state index in [4.69, 9.17) is 16.3 Å².